The van der Waals surface area contributed by atoms with Crippen molar-refractivity contribution in [1.82, 2.24) is 4.98 Å². The van der Waals surface area contributed by atoms with Crippen molar-refractivity contribution in [3.8, 4) is 11.3 Å². The molecule has 2 aromatic rings. The van der Waals surface area contributed by atoms with Gasteiger partial charge >= 0.3 is 0 Å². The van der Waals surface area contributed by atoms with Crippen molar-refractivity contribution in [1.29, 1.82) is 0 Å². The second-order valence-electron chi connectivity index (χ2n) is 6.48. The Hall–Kier alpha value is -2.23. The van der Waals surface area contributed by atoms with E-state index < -0.39 is 0 Å². The molecule has 1 fully saturated rings. The van der Waals surface area contributed by atoms with Crippen LogP contribution in [0.3, 0.4) is 0 Å². The summed E-state index contributed by atoms with van der Waals surface area (Å²) in [5, 5.41) is 3.47. The van der Waals surface area contributed by atoms with E-state index in [-0.39, 0.29) is 11.6 Å². The number of nitrogens with one attached hydrogen (secondary N) is 1. The Morgan fingerprint density at radius 2 is 2.09 bits per heavy atom. The molecule has 0 amide bonds. The first-order chi connectivity index (χ1) is 11.0. The number of rotatable bonds is 5. The average molecular weight is 312 g/mol. The zero-order valence-electron chi connectivity index (χ0n) is 13.5. The zero-order valence-corrected chi connectivity index (χ0v) is 13.5. The van der Waals surface area contributed by atoms with Gasteiger partial charge < -0.3 is 10.1 Å². The van der Waals surface area contributed by atoms with Crippen molar-refractivity contribution in [2.45, 2.75) is 39.2 Å². The number of anilines is 1. The second kappa shape index (κ2) is 6.49. The van der Waals surface area contributed by atoms with Gasteiger partial charge in [-0.3, -0.25) is 4.98 Å². The number of Topliss-reactive ketones (excluding diaryl/α,β-unsaturated/α-hetero) is 1. The minimum absolute atomic E-state index is 0.214. The molecule has 1 aromatic carbocycles. The molecule has 0 saturated heterocycles. The molecule has 4 heteroatoms. The van der Waals surface area contributed by atoms with Crippen LogP contribution in [0.25, 0.3) is 11.3 Å². The summed E-state index contributed by atoms with van der Waals surface area (Å²) in [5.74, 6) is 0.562. The molecule has 1 aliphatic rings. The molecule has 1 aliphatic carbocycles. The van der Waals surface area contributed by atoms with Gasteiger partial charge in [-0.1, -0.05) is 12.1 Å². The van der Waals surface area contributed by atoms with Crippen LogP contribution in [0.5, 0.6) is 0 Å². The van der Waals surface area contributed by atoms with Crippen LogP contribution in [0.1, 0.15) is 31.7 Å². The number of pyridine rings is 1. The summed E-state index contributed by atoms with van der Waals surface area (Å²) in [4.78, 5) is 15.4. The third kappa shape index (κ3) is 3.76. The van der Waals surface area contributed by atoms with Gasteiger partial charge in [0, 0.05) is 29.9 Å². The number of aryl methyl sites for hydroxylation is 1. The standard InChI is InChI=1S/C19H21FN2O/c1-12-3-4-15(10-18(12)20)19-11-16(5-6-21-19)22-17-8-14(9-17)7-13(2)23/h3-6,10-11,14,17H,7-9H2,1-2H3,(H,21,22). The van der Waals surface area contributed by atoms with Crippen molar-refractivity contribution in [3.05, 3.63) is 47.9 Å². The van der Waals surface area contributed by atoms with E-state index in [1.54, 1.807) is 26.1 Å². The third-order valence-electron chi connectivity index (χ3n) is 4.41. The van der Waals surface area contributed by atoms with E-state index in [0.29, 0.717) is 23.9 Å². The van der Waals surface area contributed by atoms with E-state index in [4.69, 9.17) is 0 Å². The number of aromatic nitrogens is 1. The average Bonchev–Trinajstić information content (AvgIpc) is 2.48. The number of hydrogen-bond donors (Lipinski definition) is 1. The molecule has 3 rings (SSSR count). The predicted octanol–water partition coefficient (Wildman–Crippen LogP) is 4.37. The summed E-state index contributed by atoms with van der Waals surface area (Å²) >= 11 is 0. The topological polar surface area (TPSA) is 42.0 Å². The van der Waals surface area contributed by atoms with E-state index in [1.807, 2.05) is 18.2 Å². The summed E-state index contributed by atoms with van der Waals surface area (Å²) in [6, 6.07) is 9.45. The molecule has 23 heavy (non-hydrogen) atoms. The van der Waals surface area contributed by atoms with Gasteiger partial charge in [-0.05, 0) is 56.4 Å². The van der Waals surface area contributed by atoms with E-state index in [1.165, 1.54) is 6.07 Å². The molecule has 0 spiro atoms. The first-order valence-electron chi connectivity index (χ1n) is 8.00. The van der Waals surface area contributed by atoms with Crippen LogP contribution in [0.15, 0.2) is 36.5 Å². The summed E-state index contributed by atoms with van der Waals surface area (Å²) in [5.41, 5.74) is 3.16. The maximum Gasteiger partial charge on any atom is 0.130 e. The molecular weight excluding hydrogens is 291 g/mol. The van der Waals surface area contributed by atoms with Gasteiger partial charge in [-0.2, -0.15) is 0 Å². The Morgan fingerprint density at radius 3 is 2.78 bits per heavy atom. The normalized spacial score (nSPS) is 20.0. The van der Waals surface area contributed by atoms with Gasteiger partial charge in [-0.15, -0.1) is 0 Å². The first-order valence-corrected chi connectivity index (χ1v) is 8.00. The largest absolute Gasteiger partial charge is 0.382 e. The molecule has 0 aliphatic heterocycles. The molecular formula is C19H21FN2O. The predicted molar refractivity (Wildman–Crippen MR) is 89.8 cm³/mol. The highest BCUT2D eigenvalue weighted by molar-refractivity contribution is 5.75. The van der Waals surface area contributed by atoms with Gasteiger partial charge in [0.2, 0.25) is 0 Å². The van der Waals surface area contributed by atoms with Crippen LogP contribution in [0, 0.1) is 18.7 Å². The fourth-order valence-electron chi connectivity index (χ4n) is 3.09. The van der Waals surface area contributed by atoms with Gasteiger partial charge in [0.25, 0.3) is 0 Å². The lowest BCUT2D eigenvalue weighted by Crippen LogP contribution is -2.36. The number of halogens is 1. The molecule has 1 aromatic heterocycles. The first kappa shape index (κ1) is 15.7. The molecule has 3 nitrogen and oxygen atoms in total. The van der Waals surface area contributed by atoms with E-state index in [0.717, 1.165) is 29.8 Å². The van der Waals surface area contributed by atoms with Crippen LogP contribution in [0.2, 0.25) is 0 Å². The Balaban J connectivity index is 1.66. The number of nitrogens with zero attached hydrogens (tertiary/aromatic N) is 1. The minimum atomic E-state index is -0.214. The summed E-state index contributed by atoms with van der Waals surface area (Å²) in [6.07, 6.45) is 4.47. The molecule has 120 valence electrons. The van der Waals surface area contributed by atoms with Crippen LogP contribution in [0.4, 0.5) is 10.1 Å². The fourth-order valence-corrected chi connectivity index (χ4v) is 3.09. The van der Waals surface area contributed by atoms with Gasteiger partial charge in [0.05, 0.1) is 5.69 Å². The molecule has 0 radical (unpaired) electrons. The van der Waals surface area contributed by atoms with Crippen molar-refractivity contribution >= 4 is 11.5 Å². The molecule has 0 bridgehead atoms. The van der Waals surface area contributed by atoms with Crippen molar-refractivity contribution in [3.63, 3.8) is 0 Å². The van der Waals surface area contributed by atoms with Crippen LogP contribution >= 0.6 is 0 Å². The number of ketones is 1. The lowest BCUT2D eigenvalue weighted by molar-refractivity contribution is -0.118. The van der Waals surface area contributed by atoms with E-state index in [2.05, 4.69) is 10.3 Å². The summed E-state index contributed by atoms with van der Waals surface area (Å²) in [6.45, 7) is 3.40. The number of benzene rings is 1. The fraction of sp³-hybridized carbons (Fsp3) is 0.368. The van der Waals surface area contributed by atoms with E-state index >= 15 is 0 Å². The second-order valence-corrected chi connectivity index (χ2v) is 6.48. The van der Waals surface area contributed by atoms with Gasteiger partial charge in [0.1, 0.15) is 11.6 Å². The highest BCUT2D eigenvalue weighted by atomic mass is 19.1. The Morgan fingerprint density at radius 1 is 1.30 bits per heavy atom. The lowest BCUT2D eigenvalue weighted by atomic mass is 9.77. The van der Waals surface area contributed by atoms with Crippen LogP contribution in [-0.2, 0) is 4.79 Å². The maximum absolute atomic E-state index is 13.7. The smallest absolute Gasteiger partial charge is 0.130 e. The Labute approximate surface area is 135 Å². The number of hydrogen-bond acceptors (Lipinski definition) is 3. The molecule has 1 saturated carbocycles. The summed E-state index contributed by atoms with van der Waals surface area (Å²) in [7, 11) is 0. The van der Waals surface area contributed by atoms with Crippen LogP contribution in [-0.4, -0.2) is 16.8 Å². The van der Waals surface area contributed by atoms with Crippen molar-refractivity contribution < 1.29 is 9.18 Å². The lowest BCUT2D eigenvalue weighted by Gasteiger charge is -2.36. The third-order valence-corrected chi connectivity index (χ3v) is 4.41. The quantitative estimate of drug-likeness (QED) is 0.891. The Kier molecular flexibility index (Phi) is 4.42. The molecule has 1 heterocycles. The Bertz CT molecular complexity index is 723. The number of carbonyl (C=O) groups is 1. The van der Waals surface area contributed by atoms with E-state index in [9.17, 15) is 9.18 Å². The van der Waals surface area contributed by atoms with Crippen molar-refractivity contribution in [2.75, 3.05) is 5.32 Å². The van der Waals surface area contributed by atoms with Gasteiger partial charge in [0.15, 0.2) is 0 Å². The molecule has 1 N–H and O–H groups in total. The number of carbonyl (C=O) groups excluding carboxylic acids is 1. The molecule has 0 atom stereocenters. The van der Waals surface area contributed by atoms with Crippen LogP contribution < -0.4 is 5.32 Å². The van der Waals surface area contributed by atoms with Crippen molar-refractivity contribution in [2.24, 2.45) is 5.92 Å². The SMILES string of the molecule is CC(=O)CC1CC(Nc2ccnc(-c3ccc(C)c(F)c3)c2)C1. The zero-order chi connectivity index (χ0) is 16.4. The highest BCUT2D eigenvalue weighted by Gasteiger charge is 2.29. The van der Waals surface area contributed by atoms with Gasteiger partial charge in [-0.25, -0.2) is 4.39 Å². The highest BCUT2D eigenvalue weighted by Crippen LogP contribution is 2.33. The summed E-state index contributed by atoms with van der Waals surface area (Å²) < 4.78 is 13.7. The minimum Gasteiger partial charge on any atom is -0.382 e. The molecule has 0 unspecified atom stereocenters. The monoisotopic (exact) mass is 312 g/mol. The maximum atomic E-state index is 13.7.